The van der Waals surface area contributed by atoms with E-state index >= 15 is 0 Å². The van der Waals surface area contributed by atoms with Crippen LogP contribution in [-0.4, -0.2) is 39.2 Å². The molecular formula is C18H25N5O3S. The smallest absolute Gasteiger partial charge is 0.262 e. The number of carbonyl (C=O) groups is 1. The van der Waals surface area contributed by atoms with E-state index < -0.39 is 12.0 Å². The number of hydrazine groups is 1. The first-order chi connectivity index (χ1) is 13.1. The van der Waals surface area contributed by atoms with E-state index in [-0.39, 0.29) is 18.1 Å². The van der Waals surface area contributed by atoms with E-state index in [0.717, 1.165) is 54.3 Å². The highest BCUT2D eigenvalue weighted by atomic mass is 32.1. The van der Waals surface area contributed by atoms with Gasteiger partial charge in [-0.3, -0.25) is 10.2 Å². The fourth-order valence-electron chi connectivity index (χ4n) is 4.20. The van der Waals surface area contributed by atoms with Gasteiger partial charge in [-0.05, 0) is 56.4 Å². The van der Waals surface area contributed by atoms with Crippen molar-refractivity contribution in [2.75, 3.05) is 0 Å². The minimum atomic E-state index is -1.13. The topological polar surface area (TPSA) is 136 Å². The molecule has 8 nitrogen and oxygen atoms in total. The van der Waals surface area contributed by atoms with Crippen molar-refractivity contribution in [3.05, 3.63) is 16.8 Å². The third-order valence-electron chi connectivity index (χ3n) is 5.65. The Kier molecular flexibility index (Phi) is 5.27. The SMILES string of the molecule is NNC(=O)[C@H](O)C[C@H]1CCc2sc3ncnc(O[C@H]4CC[C@H](N)CC4)c3c21. The van der Waals surface area contributed by atoms with Gasteiger partial charge in [0.15, 0.2) is 0 Å². The highest BCUT2D eigenvalue weighted by Crippen LogP contribution is 2.47. The molecule has 1 amide bonds. The molecule has 2 aliphatic rings. The van der Waals surface area contributed by atoms with Crippen molar-refractivity contribution in [3.8, 4) is 5.88 Å². The minimum absolute atomic E-state index is 0.0641. The van der Waals surface area contributed by atoms with Crippen LogP contribution < -0.4 is 21.7 Å². The molecule has 2 aromatic heterocycles. The van der Waals surface area contributed by atoms with Crippen molar-refractivity contribution in [3.63, 3.8) is 0 Å². The second-order valence-electron chi connectivity index (χ2n) is 7.45. The molecule has 2 aromatic rings. The van der Waals surface area contributed by atoms with Gasteiger partial charge in [-0.15, -0.1) is 11.3 Å². The van der Waals surface area contributed by atoms with E-state index in [0.29, 0.717) is 12.3 Å². The van der Waals surface area contributed by atoms with Crippen molar-refractivity contribution >= 4 is 27.5 Å². The molecule has 0 radical (unpaired) electrons. The number of aryl methyl sites for hydroxylation is 1. The fourth-order valence-corrected chi connectivity index (χ4v) is 5.43. The molecule has 27 heavy (non-hydrogen) atoms. The van der Waals surface area contributed by atoms with Crippen LogP contribution in [0.3, 0.4) is 0 Å². The molecule has 2 heterocycles. The maximum atomic E-state index is 11.6. The number of aliphatic hydroxyl groups is 1. The van der Waals surface area contributed by atoms with Gasteiger partial charge in [0, 0.05) is 10.9 Å². The second-order valence-corrected chi connectivity index (χ2v) is 8.53. The number of aliphatic hydroxyl groups excluding tert-OH is 1. The summed E-state index contributed by atoms with van der Waals surface area (Å²) in [5.41, 5.74) is 9.14. The number of thiophene rings is 1. The average Bonchev–Trinajstić information content (AvgIpc) is 3.23. The molecule has 0 saturated heterocycles. The van der Waals surface area contributed by atoms with Crippen LogP contribution in [0.4, 0.5) is 0 Å². The van der Waals surface area contributed by atoms with Crippen LogP contribution in [0.15, 0.2) is 6.33 Å². The van der Waals surface area contributed by atoms with Crippen LogP contribution in [0.1, 0.15) is 54.9 Å². The monoisotopic (exact) mass is 391 g/mol. The highest BCUT2D eigenvalue weighted by molar-refractivity contribution is 7.19. The molecular weight excluding hydrogens is 366 g/mol. The van der Waals surface area contributed by atoms with E-state index in [2.05, 4.69) is 9.97 Å². The summed E-state index contributed by atoms with van der Waals surface area (Å²) in [6.45, 7) is 0. The summed E-state index contributed by atoms with van der Waals surface area (Å²) >= 11 is 1.65. The van der Waals surface area contributed by atoms with Crippen LogP contribution in [0.5, 0.6) is 5.88 Å². The largest absolute Gasteiger partial charge is 0.474 e. The number of nitrogens with one attached hydrogen (secondary N) is 1. The molecule has 1 fully saturated rings. The first kappa shape index (κ1) is 18.5. The molecule has 0 bridgehead atoms. The maximum Gasteiger partial charge on any atom is 0.262 e. The minimum Gasteiger partial charge on any atom is -0.474 e. The fraction of sp³-hybridized carbons (Fsp3) is 0.611. The van der Waals surface area contributed by atoms with Gasteiger partial charge in [0.25, 0.3) is 5.91 Å². The van der Waals surface area contributed by atoms with Gasteiger partial charge in [0.2, 0.25) is 5.88 Å². The molecule has 0 unspecified atom stereocenters. The predicted molar refractivity (Wildman–Crippen MR) is 102 cm³/mol. The number of aromatic nitrogens is 2. The van der Waals surface area contributed by atoms with E-state index in [1.54, 1.807) is 17.7 Å². The zero-order valence-electron chi connectivity index (χ0n) is 15.1. The van der Waals surface area contributed by atoms with Crippen molar-refractivity contribution in [1.29, 1.82) is 0 Å². The number of fused-ring (bicyclic) bond motifs is 3. The summed E-state index contributed by atoms with van der Waals surface area (Å²) in [5.74, 6) is 5.26. The molecule has 146 valence electrons. The Morgan fingerprint density at radius 1 is 1.33 bits per heavy atom. The van der Waals surface area contributed by atoms with Gasteiger partial charge < -0.3 is 15.6 Å². The molecule has 0 spiro atoms. The Balaban J connectivity index is 1.62. The van der Waals surface area contributed by atoms with Gasteiger partial charge in [-0.2, -0.15) is 0 Å². The van der Waals surface area contributed by atoms with Crippen molar-refractivity contribution < 1.29 is 14.6 Å². The van der Waals surface area contributed by atoms with Crippen LogP contribution >= 0.6 is 11.3 Å². The van der Waals surface area contributed by atoms with E-state index in [9.17, 15) is 9.90 Å². The standard InChI is InChI=1S/C18H25N5O3S/c19-10-2-4-11(5-3-10)26-17-15-14-9(7-12(24)16(25)23-20)1-6-13(14)27-18(15)22-8-21-17/h8-12,24H,1-7,19-20H2,(H,23,25)/t9-,10-,11-,12-/m1/s1. The third kappa shape index (κ3) is 3.64. The van der Waals surface area contributed by atoms with Crippen LogP contribution in [0.2, 0.25) is 0 Å². The Bertz CT molecular complexity index is 834. The molecule has 0 aliphatic heterocycles. The normalized spacial score (nSPS) is 26.0. The molecule has 2 atom stereocenters. The van der Waals surface area contributed by atoms with Crippen LogP contribution in [-0.2, 0) is 11.2 Å². The van der Waals surface area contributed by atoms with Crippen molar-refractivity contribution in [1.82, 2.24) is 15.4 Å². The number of nitrogens with two attached hydrogens (primary N) is 2. The summed E-state index contributed by atoms with van der Waals surface area (Å²) in [6.07, 6.45) is 6.44. The van der Waals surface area contributed by atoms with Crippen molar-refractivity contribution in [2.24, 2.45) is 11.6 Å². The molecule has 1 saturated carbocycles. The first-order valence-corrected chi connectivity index (χ1v) is 10.3. The summed E-state index contributed by atoms with van der Waals surface area (Å²) < 4.78 is 6.26. The predicted octanol–water partition coefficient (Wildman–Crippen LogP) is 1.11. The molecule has 9 heteroatoms. The number of amides is 1. The van der Waals surface area contributed by atoms with Gasteiger partial charge in [-0.1, -0.05) is 0 Å². The van der Waals surface area contributed by atoms with Gasteiger partial charge in [0.1, 0.15) is 23.4 Å². The van der Waals surface area contributed by atoms with E-state index in [1.807, 2.05) is 5.43 Å². The highest BCUT2D eigenvalue weighted by Gasteiger charge is 2.33. The number of hydrogen-bond acceptors (Lipinski definition) is 8. The third-order valence-corrected chi connectivity index (χ3v) is 6.82. The van der Waals surface area contributed by atoms with Gasteiger partial charge in [-0.25, -0.2) is 15.8 Å². The first-order valence-electron chi connectivity index (χ1n) is 9.43. The summed E-state index contributed by atoms with van der Waals surface area (Å²) in [7, 11) is 0. The lowest BCUT2D eigenvalue weighted by Crippen LogP contribution is -2.39. The Morgan fingerprint density at radius 3 is 2.85 bits per heavy atom. The zero-order valence-corrected chi connectivity index (χ0v) is 15.9. The second kappa shape index (κ2) is 7.67. The van der Waals surface area contributed by atoms with E-state index in [4.69, 9.17) is 16.3 Å². The quantitative estimate of drug-likeness (QED) is 0.340. The molecule has 0 aromatic carbocycles. The lowest BCUT2D eigenvalue weighted by Gasteiger charge is -2.26. The Hall–Kier alpha value is -1.81. The lowest BCUT2D eigenvalue weighted by atomic mass is 9.93. The molecule has 6 N–H and O–H groups in total. The number of ether oxygens (including phenoxy) is 1. The summed E-state index contributed by atoms with van der Waals surface area (Å²) in [6, 6.07) is 0.264. The number of carbonyl (C=O) groups excluding carboxylic acids is 1. The summed E-state index contributed by atoms with van der Waals surface area (Å²) in [4.78, 5) is 22.6. The van der Waals surface area contributed by atoms with Crippen LogP contribution in [0.25, 0.3) is 10.2 Å². The van der Waals surface area contributed by atoms with Gasteiger partial charge in [0.05, 0.1) is 5.39 Å². The Labute approximate surface area is 161 Å². The summed E-state index contributed by atoms with van der Waals surface area (Å²) in [5, 5.41) is 11.0. The van der Waals surface area contributed by atoms with Crippen LogP contribution in [0, 0.1) is 0 Å². The molecule has 2 aliphatic carbocycles. The number of nitrogens with zero attached hydrogens (tertiary/aromatic N) is 2. The van der Waals surface area contributed by atoms with Gasteiger partial charge >= 0.3 is 0 Å². The number of rotatable bonds is 5. The Morgan fingerprint density at radius 2 is 2.11 bits per heavy atom. The maximum absolute atomic E-state index is 11.6. The lowest BCUT2D eigenvalue weighted by molar-refractivity contribution is -0.129. The van der Waals surface area contributed by atoms with E-state index in [1.165, 1.54) is 4.88 Å². The number of hydrogen-bond donors (Lipinski definition) is 4. The zero-order chi connectivity index (χ0) is 19.0. The molecule has 4 rings (SSSR count). The average molecular weight is 391 g/mol. The van der Waals surface area contributed by atoms with Crippen molar-refractivity contribution in [2.45, 2.75) is 69.1 Å².